The van der Waals surface area contributed by atoms with Crippen molar-refractivity contribution in [3.63, 3.8) is 0 Å². The quantitative estimate of drug-likeness (QED) is 0.659. The van der Waals surface area contributed by atoms with Gasteiger partial charge in [-0.2, -0.15) is 8.42 Å². The molecule has 3 aliphatic rings. The van der Waals surface area contributed by atoms with E-state index in [1.54, 1.807) is 6.92 Å². The Labute approximate surface area is 135 Å². The summed E-state index contributed by atoms with van der Waals surface area (Å²) < 4.78 is 26.7. The van der Waals surface area contributed by atoms with Crippen LogP contribution in [0, 0.1) is 10.8 Å². The SMILES string of the molecule is CC1=C2C(=CC(C)(COS(N)(=O)=O)C2O)C(=O)C(C)(O)C12CC2. The molecule has 3 rings (SSSR count). The van der Waals surface area contributed by atoms with E-state index in [0.717, 1.165) is 5.57 Å². The lowest BCUT2D eigenvalue weighted by Crippen LogP contribution is -2.50. The second kappa shape index (κ2) is 4.52. The van der Waals surface area contributed by atoms with Crippen molar-refractivity contribution in [2.24, 2.45) is 16.0 Å². The molecule has 0 saturated heterocycles. The van der Waals surface area contributed by atoms with Crippen molar-refractivity contribution in [3.05, 3.63) is 22.8 Å². The highest BCUT2D eigenvalue weighted by Gasteiger charge is 2.66. The highest BCUT2D eigenvalue weighted by molar-refractivity contribution is 7.84. The van der Waals surface area contributed by atoms with Crippen molar-refractivity contribution in [2.45, 2.75) is 45.3 Å². The zero-order valence-electron chi connectivity index (χ0n) is 13.3. The van der Waals surface area contributed by atoms with Crippen LogP contribution in [0.1, 0.15) is 33.6 Å². The topological polar surface area (TPSA) is 127 Å². The fourth-order valence-electron chi connectivity index (χ4n) is 3.98. The Kier molecular flexibility index (Phi) is 3.30. The Balaban J connectivity index is 2.07. The number of hydrogen-bond donors (Lipinski definition) is 3. The zero-order chi connectivity index (χ0) is 17.4. The molecule has 0 aromatic heterocycles. The summed E-state index contributed by atoms with van der Waals surface area (Å²) >= 11 is 0. The first-order valence-electron chi connectivity index (χ1n) is 7.43. The van der Waals surface area contributed by atoms with E-state index in [1.165, 1.54) is 13.0 Å². The molecule has 0 aromatic rings. The van der Waals surface area contributed by atoms with E-state index in [-0.39, 0.29) is 12.2 Å². The van der Waals surface area contributed by atoms with E-state index in [9.17, 15) is 23.4 Å². The molecule has 4 N–H and O–H groups in total. The van der Waals surface area contributed by atoms with Crippen molar-refractivity contribution in [1.29, 1.82) is 0 Å². The van der Waals surface area contributed by atoms with E-state index in [4.69, 9.17) is 5.14 Å². The van der Waals surface area contributed by atoms with Crippen molar-refractivity contribution in [1.82, 2.24) is 0 Å². The Morgan fingerprint density at radius 1 is 1.39 bits per heavy atom. The molecular weight excluding hydrogens is 322 g/mol. The summed E-state index contributed by atoms with van der Waals surface area (Å²) in [4.78, 5) is 12.7. The van der Waals surface area contributed by atoms with Crippen LogP contribution in [0.4, 0.5) is 0 Å². The maximum atomic E-state index is 12.7. The lowest BCUT2D eigenvalue weighted by molar-refractivity contribution is -0.138. The molecule has 0 aliphatic heterocycles. The number of aliphatic hydroxyl groups excluding tert-OH is 1. The first-order valence-corrected chi connectivity index (χ1v) is 8.90. The van der Waals surface area contributed by atoms with Crippen LogP contribution in [-0.2, 0) is 19.3 Å². The molecule has 0 radical (unpaired) electrons. The second-order valence-electron chi connectivity index (χ2n) is 7.24. The van der Waals surface area contributed by atoms with Gasteiger partial charge < -0.3 is 10.2 Å². The fraction of sp³-hybridized carbons (Fsp3) is 0.667. The predicted molar refractivity (Wildman–Crippen MR) is 81.3 cm³/mol. The molecule has 3 aliphatic carbocycles. The van der Waals surface area contributed by atoms with Gasteiger partial charge in [-0.1, -0.05) is 18.6 Å². The molecule has 128 valence electrons. The van der Waals surface area contributed by atoms with Gasteiger partial charge >= 0.3 is 10.3 Å². The van der Waals surface area contributed by atoms with Crippen LogP contribution in [0.3, 0.4) is 0 Å². The van der Waals surface area contributed by atoms with Gasteiger partial charge in [-0.25, -0.2) is 5.14 Å². The standard InChI is InChI=1S/C15H21NO6S/c1-8-10-9(11(17)14(3,19)15(8)4-5-15)6-13(2,12(10)18)7-22-23(16,20)21/h6,12,18-19H,4-5,7H2,1-3H3,(H2,16,20,21). The number of Topliss-reactive ketones (excluding diaryl/α,β-unsaturated/α-hetero) is 1. The zero-order valence-corrected chi connectivity index (χ0v) is 14.1. The number of hydrogen-bond acceptors (Lipinski definition) is 6. The van der Waals surface area contributed by atoms with Gasteiger partial charge in [-0.05, 0) is 32.3 Å². The number of carbonyl (C=O) groups is 1. The summed E-state index contributed by atoms with van der Waals surface area (Å²) in [7, 11) is -4.16. The third kappa shape index (κ3) is 2.16. The first kappa shape index (κ1) is 16.8. The summed E-state index contributed by atoms with van der Waals surface area (Å²) in [6, 6.07) is 0. The van der Waals surface area contributed by atoms with Crippen LogP contribution in [0.25, 0.3) is 0 Å². The molecule has 3 atom stereocenters. The maximum absolute atomic E-state index is 12.7. The normalized spacial score (nSPS) is 38.8. The van der Waals surface area contributed by atoms with Crippen molar-refractivity contribution in [3.8, 4) is 0 Å². The van der Waals surface area contributed by atoms with Gasteiger partial charge in [0.2, 0.25) is 0 Å². The largest absolute Gasteiger partial charge is 0.387 e. The Morgan fingerprint density at radius 2 is 1.96 bits per heavy atom. The molecular formula is C15H21NO6S. The van der Waals surface area contributed by atoms with Crippen molar-refractivity contribution in [2.75, 3.05) is 6.61 Å². The van der Waals surface area contributed by atoms with E-state index in [1.807, 2.05) is 6.92 Å². The van der Waals surface area contributed by atoms with E-state index >= 15 is 0 Å². The minimum atomic E-state index is -4.16. The molecule has 3 unspecified atom stereocenters. The minimum Gasteiger partial charge on any atom is -0.387 e. The van der Waals surface area contributed by atoms with Crippen LogP contribution >= 0.6 is 0 Å². The Bertz CT molecular complexity index is 759. The number of nitrogens with two attached hydrogens (primary N) is 1. The summed E-state index contributed by atoms with van der Waals surface area (Å²) in [6.45, 7) is 4.53. The minimum absolute atomic E-state index is 0.248. The molecule has 0 bridgehead atoms. The van der Waals surface area contributed by atoms with Gasteiger partial charge in [0.15, 0.2) is 5.78 Å². The summed E-state index contributed by atoms with van der Waals surface area (Å²) in [5.41, 5.74) is -1.72. The van der Waals surface area contributed by atoms with Crippen LogP contribution in [0.15, 0.2) is 22.8 Å². The third-order valence-electron chi connectivity index (χ3n) is 5.69. The van der Waals surface area contributed by atoms with Gasteiger partial charge in [0.25, 0.3) is 0 Å². The van der Waals surface area contributed by atoms with Crippen LogP contribution in [-0.4, -0.2) is 42.7 Å². The smallest absolute Gasteiger partial charge is 0.333 e. The third-order valence-corrected chi connectivity index (χ3v) is 6.13. The molecule has 8 heteroatoms. The van der Waals surface area contributed by atoms with Crippen LogP contribution in [0.5, 0.6) is 0 Å². The summed E-state index contributed by atoms with van der Waals surface area (Å²) in [6.07, 6.45) is 1.78. The van der Waals surface area contributed by atoms with Gasteiger partial charge in [-0.3, -0.25) is 8.98 Å². The van der Waals surface area contributed by atoms with E-state index in [0.29, 0.717) is 18.4 Å². The Morgan fingerprint density at radius 3 is 2.43 bits per heavy atom. The number of ketones is 1. The van der Waals surface area contributed by atoms with Crippen LogP contribution in [0.2, 0.25) is 0 Å². The van der Waals surface area contributed by atoms with Crippen molar-refractivity contribution < 1.29 is 27.6 Å². The first-order chi connectivity index (χ1) is 10.4. The van der Waals surface area contributed by atoms with Crippen LogP contribution < -0.4 is 5.14 Å². The van der Waals surface area contributed by atoms with E-state index < -0.39 is 38.6 Å². The lowest BCUT2D eigenvalue weighted by atomic mass is 9.67. The Hall–Kier alpha value is -1.06. The predicted octanol–water partition coefficient (Wildman–Crippen LogP) is -0.0559. The average molecular weight is 343 g/mol. The molecule has 0 amide bonds. The molecule has 1 saturated carbocycles. The van der Waals surface area contributed by atoms with Gasteiger partial charge in [0.1, 0.15) is 5.60 Å². The second-order valence-corrected chi connectivity index (χ2v) is 8.46. The fourth-order valence-corrected chi connectivity index (χ4v) is 4.40. The molecule has 23 heavy (non-hydrogen) atoms. The molecule has 1 fully saturated rings. The van der Waals surface area contributed by atoms with Gasteiger partial charge in [0, 0.05) is 16.4 Å². The lowest BCUT2D eigenvalue weighted by Gasteiger charge is -2.39. The van der Waals surface area contributed by atoms with Crippen molar-refractivity contribution >= 4 is 16.1 Å². The highest BCUT2D eigenvalue weighted by Crippen LogP contribution is 2.65. The maximum Gasteiger partial charge on any atom is 0.333 e. The number of carbonyl (C=O) groups excluding carboxylic acids is 1. The monoisotopic (exact) mass is 343 g/mol. The molecule has 7 nitrogen and oxygen atoms in total. The van der Waals surface area contributed by atoms with E-state index in [2.05, 4.69) is 4.18 Å². The molecule has 0 heterocycles. The number of fused-ring (bicyclic) bond motifs is 1. The van der Waals surface area contributed by atoms with Gasteiger partial charge in [0.05, 0.1) is 12.7 Å². The summed E-state index contributed by atoms with van der Waals surface area (Å²) in [5, 5.41) is 26.3. The molecule has 1 spiro atoms. The number of aliphatic hydroxyl groups is 2. The number of rotatable bonds is 3. The summed E-state index contributed by atoms with van der Waals surface area (Å²) in [5.74, 6) is -0.436. The highest BCUT2D eigenvalue weighted by atomic mass is 32.2. The molecule has 0 aromatic carbocycles. The van der Waals surface area contributed by atoms with Gasteiger partial charge in [-0.15, -0.1) is 0 Å². The average Bonchev–Trinajstić information content (AvgIpc) is 3.18.